The average Bonchev–Trinajstić information content (AvgIpc) is 2.83. The van der Waals surface area contributed by atoms with E-state index in [4.69, 9.17) is 18.9 Å². The molecule has 0 saturated carbocycles. The van der Waals surface area contributed by atoms with E-state index in [-0.39, 0.29) is 18.2 Å². The number of fused-ring (bicyclic) bond motifs is 3. The van der Waals surface area contributed by atoms with E-state index in [1.54, 1.807) is 0 Å². The number of amides is 1. The second-order valence-corrected chi connectivity index (χ2v) is 8.25. The first kappa shape index (κ1) is 18.2. The van der Waals surface area contributed by atoms with Gasteiger partial charge < -0.3 is 18.9 Å². The van der Waals surface area contributed by atoms with E-state index in [1.807, 2.05) is 37.8 Å². The molecular weight excluding hydrogens is 346 g/mol. The van der Waals surface area contributed by atoms with Crippen molar-refractivity contribution in [3.05, 3.63) is 29.8 Å². The Kier molecular flexibility index (Phi) is 4.76. The number of benzene rings is 1. The van der Waals surface area contributed by atoms with E-state index in [0.29, 0.717) is 26.4 Å². The van der Waals surface area contributed by atoms with E-state index in [9.17, 15) is 4.79 Å². The summed E-state index contributed by atoms with van der Waals surface area (Å²) in [4.78, 5) is 14.5. The number of morpholine rings is 1. The van der Waals surface area contributed by atoms with E-state index in [2.05, 4.69) is 12.1 Å². The van der Waals surface area contributed by atoms with Crippen LogP contribution in [0.3, 0.4) is 0 Å². The predicted molar refractivity (Wildman–Crippen MR) is 101 cm³/mol. The molecular formula is C21H27NO5. The van der Waals surface area contributed by atoms with Gasteiger partial charge in [-0.2, -0.15) is 0 Å². The van der Waals surface area contributed by atoms with Crippen molar-refractivity contribution in [2.75, 3.05) is 26.4 Å². The van der Waals surface area contributed by atoms with Crippen LogP contribution >= 0.6 is 0 Å². The molecule has 3 aliphatic rings. The molecule has 1 aromatic rings. The zero-order valence-electron chi connectivity index (χ0n) is 16.2. The number of hydrogen-bond acceptors (Lipinski definition) is 5. The lowest BCUT2D eigenvalue weighted by atomic mass is 9.90. The fourth-order valence-electron chi connectivity index (χ4n) is 3.77. The number of carbonyl (C=O) groups is 1. The van der Waals surface area contributed by atoms with E-state index >= 15 is 0 Å². The van der Waals surface area contributed by atoms with Gasteiger partial charge in [0.25, 0.3) is 0 Å². The molecule has 0 aromatic heterocycles. The van der Waals surface area contributed by atoms with Crippen LogP contribution in [0.4, 0.5) is 4.79 Å². The Morgan fingerprint density at radius 1 is 1.15 bits per heavy atom. The topological polar surface area (TPSA) is 57.2 Å². The molecule has 2 bridgehead atoms. The Labute approximate surface area is 160 Å². The number of rotatable bonds is 1. The van der Waals surface area contributed by atoms with Gasteiger partial charge in [0.15, 0.2) is 11.5 Å². The third-order valence-corrected chi connectivity index (χ3v) is 4.92. The van der Waals surface area contributed by atoms with Crippen LogP contribution in [0.5, 0.6) is 11.5 Å². The summed E-state index contributed by atoms with van der Waals surface area (Å²) in [5.41, 5.74) is 1.81. The Hall–Kier alpha value is -2.21. The molecule has 2 unspecified atom stereocenters. The van der Waals surface area contributed by atoms with Crippen LogP contribution in [0, 0.1) is 0 Å². The second kappa shape index (κ2) is 7.08. The van der Waals surface area contributed by atoms with E-state index in [1.165, 1.54) is 5.57 Å². The fraction of sp³-hybridized carbons (Fsp3) is 0.571. The SMILES string of the molecule is CC(C)(C)OC(=O)N1C2C=C(c3ccc4c(c3)OCCCO4)CC1COC2. The molecule has 6 heteroatoms. The minimum Gasteiger partial charge on any atom is -0.490 e. The fourth-order valence-corrected chi connectivity index (χ4v) is 3.77. The maximum absolute atomic E-state index is 12.7. The first-order chi connectivity index (χ1) is 12.9. The van der Waals surface area contributed by atoms with Gasteiger partial charge in [-0.3, -0.25) is 4.90 Å². The van der Waals surface area contributed by atoms with Crippen LogP contribution in [0.1, 0.15) is 39.2 Å². The molecule has 2 atom stereocenters. The van der Waals surface area contributed by atoms with Crippen LogP contribution in [-0.2, 0) is 9.47 Å². The third kappa shape index (κ3) is 3.90. The molecule has 1 amide bonds. The molecule has 27 heavy (non-hydrogen) atoms. The van der Waals surface area contributed by atoms with Gasteiger partial charge >= 0.3 is 6.09 Å². The lowest BCUT2D eigenvalue weighted by molar-refractivity contribution is -0.0510. The molecule has 3 heterocycles. The summed E-state index contributed by atoms with van der Waals surface area (Å²) < 4.78 is 22.9. The van der Waals surface area contributed by atoms with Gasteiger partial charge in [-0.05, 0) is 50.5 Å². The maximum Gasteiger partial charge on any atom is 0.411 e. The number of ether oxygens (including phenoxy) is 4. The average molecular weight is 373 g/mol. The molecule has 0 aliphatic carbocycles. The Bertz CT molecular complexity index is 751. The highest BCUT2D eigenvalue weighted by Crippen LogP contribution is 2.37. The molecule has 0 spiro atoms. The zero-order chi connectivity index (χ0) is 19.0. The smallest absolute Gasteiger partial charge is 0.411 e. The largest absolute Gasteiger partial charge is 0.490 e. The summed E-state index contributed by atoms with van der Waals surface area (Å²) in [7, 11) is 0. The van der Waals surface area contributed by atoms with Crippen LogP contribution in [0.25, 0.3) is 5.57 Å². The normalized spacial score (nSPS) is 24.7. The highest BCUT2D eigenvalue weighted by molar-refractivity contribution is 5.75. The van der Waals surface area contributed by atoms with Crippen molar-refractivity contribution < 1.29 is 23.7 Å². The Balaban J connectivity index is 1.59. The van der Waals surface area contributed by atoms with Crippen molar-refractivity contribution in [3.63, 3.8) is 0 Å². The summed E-state index contributed by atoms with van der Waals surface area (Å²) in [6, 6.07) is 5.96. The third-order valence-electron chi connectivity index (χ3n) is 4.92. The van der Waals surface area contributed by atoms with Gasteiger partial charge in [-0.1, -0.05) is 12.1 Å². The number of carbonyl (C=O) groups excluding carboxylic acids is 1. The quantitative estimate of drug-likeness (QED) is 0.752. The maximum atomic E-state index is 12.7. The summed E-state index contributed by atoms with van der Waals surface area (Å²) >= 11 is 0. The summed E-state index contributed by atoms with van der Waals surface area (Å²) in [5.74, 6) is 1.59. The number of hydrogen-bond donors (Lipinski definition) is 0. The van der Waals surface area contributed by atoms with Crippen molar-refractivity contribution in [1.82, 2.24) is 4.90 Å². The molecule has 1 aromatic carbocycles. The van der Waals surface area contributed by atoms with Crippen LogP contribution < -0.4 is 9.47 Å². The molecule has 146 valence electrons. The zero-order valence-corrected chi connectivity index (χ0v) is 16.2. The van der Waals surface area contributed by atoms with Gasteiger partial charge in [0, 0.05) is 6.42 Å². The van der Waals surface area contributed by atoms with Crippen LogP contribution in [-0.4, -0.2) is 55.1 Å². The lowest BCUT2D eigenvalue weighted by Crippen LogP contribution is -2.57. The van der Waals surface area contributed by atoms with Crippen LogP contribution in [0.15, 0.2) is 24.3 Å². The first-order valence-electron chi connectivity index (χ1n) is 9.60. The summed E-state index contributed by atoms with van der Waals surface area (Å²) in [5, 5.41) is 0. The van der Waals surface area contributed by atoms with Crippen molar-refractivity contribution in [2.24, 2.45) is 0 Å². The summed E-state index contributed by atoms with van der Waals surface area (Å²) in [6.07, 6.45) is 3.47. The van der Waals surface area contributed by atoms with E-state index in [0.717, 1.165) is 29.9 Å². The van der Waals surface area contributed by atoms with Crippen molar-refractivity contribution in [1.29, 1.82) is 0 Å². The molecule has 0 N–H and O–H groups in total. The highest BCUT2D eigenvalue weighted by Gasteiger charge is 2.40. The number of nitrogens with zero attached hydrogens (tertiary/aromatic N) is 1. The van der Waals surface area contributed by atoms with Crippen molar-refractivity contribution in [2.45, 2.75) is 51.3 Å². The van der Waals surface area contributed by atoms with Gasteiger partial charge in [0.2, 0.25) is 0 Å². The second-order valence-electron chi connectivity index (χ2n) is 8.25. The first-order valence-corrected chi connectivity index (χ1v) is 9.60. The van der Waals surface area contributed by atoms with E-state index < -0.39 is 5.60 Å². The van der Waals surface area contributed by atoms with Crippen molar-refractivity contribution in [3.8, 4) is 11.5 Å². The lowest BCUT2D eigenvalue weighted by Gasteiger charge is -2.44. The predicted octanol–water partition coefficient (Wildman–Crippen LogP) is 3.64. The van der Waals surface area contributed by atoms with Crippen LogP contribution in [0.2, 0.25) is 0 Å². The Morgan fingerprint density at radius 3 is 2.67 bits per heavy atom. The standard InChI is InChI=1S/C21H27NO5/c1-21(2,3)27-20(23)22-16-9-15(10-17(22)13-24-12-16)14-5-6-18-19(11-14)26-8-4-7-25-18/h5-6,9,11,16-17H,4,7-8,10,12-13H2,1-3H3. The van der Waals surface area contributed by atoms with Crippen molar-refractivity contribution >= 4 is 11.7 Å². The minimum absolute atomic E-state index is 0.0189. The minimum atomic E-state index is -0.509. The molecule has 0 radical (unpaired) electrons. The Morgan fingerprint density at radius 2 is 1.93 bits per heavy atom. The molecule has 1 saturated heterocycles. The molecule has 6 nitrogen and oxygen atoms in total. The molecule has 3 aliphatic heterocycles. The molecule has 4 rings (SSSR count). The highest BCUT2D eigenvalue weighted by atomic mass is 16.6. The van der Waals surface area contributed by atoms with Gasteiger partial charge in [-0.15, -0.1) is 0 Å². The van der Waals surface area contributed by atoms with Gasteiger partial charge in [0.1, 0.15) is 5.60 Å². The van der Waals surface area contributed by atoms with Gasteiger partial charge in [0.05, 0.1) is 38.5 Å². The summed E-state index contributed by atoms with van der Waals surface area (Å²) in [6.45, 7) is 8.03. The monoisotopic (exact) mass is 373 g/mol. The van der Waals surface area contributed by atoms with Gasteiger partial charge in [-0.25, -0.2) is 4.79 Å². The molecule has 1 fully saturated rings.